The van der Waals surface area contributed by atoms with Crippen molar-refractivity contribution < 1.29 is 4.79 Å². The molecule has 0 unspecified atom stereocenters. The van der Waals surface area contributed by atoms with Crippen molar-refractivity contribution in [1.82, 2.24) is 19.9 Å². The summed E-state index contributed by atoms with van der Waals surface area (Å²) in [5.74, 6) is 6.05. The van der Waals surface area contributed by atoms with Crippen LogP contribution in [-0.2, 0) is 13.6 Å². The third kappa shape index (κ3) is 3.21. The number of anilines is 1. The first-order valence-corrected chi connectivity index (χ1v) is 5.86. The Labute approximate surface area is 114 Å². The molecule has 0 radical (unpaired) electrons. The minimum absolute atomic E-state index is 0.192. The van der Waals surface area contributed by atoms with Crippen LogP contribution in [0.25, 0.3) is 0 Å². The van der Waals surface area contributed by atoms with E-state index in [1.807, 2.05) is 11.6 Å². The number of nitrogens with one attached hydrogen (secondary N) is 2. The number of pyridine rings is 1. The normalized spacial score (nSPS) is 10.3. The van der Waals surface area contributed by atoms with Gasteiger partial charge in [0.15, 0.2) is 0 Å². The van der Waals surface area contributed by atoms with Gasteiger partial charge >= 0.3 is 0 Å². The highest BCUT2D eigenvalue weighted by atomic mass is 35.5. The van der Waals surface area contributed by atoms with Crippen molar-refractivity contribution in [1.29, 1.82) is 0 Å². The number of amides is 1. The SMILES string of the molecule is Cn1ccnc1CNC(=O)c1cc(Cl)nc(NN)c1. The van der Waals surface area contributed by atoms with Gasteiger partial charge in [0.05, 0.1) is 6.54 Å². The van der Waals surface area contributed by atoms with E-state index in [-0.39, 0.29) is 11.1 Å². The average Bonchev–Trinajstić information content (AvgIpc) is 2.80. The van der Waals surface area contributed by atoms with Gasteiger partial charge in [-0.2, -0.15) is 0 Å². The number of carbonyl (C=O) groups excluding carboxylic acids is 1. The van der Waals surface area contributed by atoms with Crippen LogP contribution in [0.3, 0.4) is 0 Å². The molecule has 0 aliphatic heterocycles. The Morgan fingerprint density at radius 1 is 1.53 bits per heavy atom. The summed E-state index contributed by atoms with van der Waals surface area (Å²) in [5, 5.41) is 2.94. The van der Waals surface area contributed by atoms with Crippen LogP contribution in [0.5, 0.6) is 0 Å². The molecule has 0 bridgehead atoms. The van der Waals surface area contributed by atoms with Gasteiger partial charge in [-0.1, -0.05) is 11.6 Å². The first-order valence-electron chi connectivity index (χ1n) is 5.48. The summed E-state index contributed by atoms with van der Waals surface area (Å²) < 4.78 is 1.83. The first-order chi connectivity index (χ1) is 9.10. The van der Waals surface area contributed by atoms with Crippen molar-refractivity contribution >= 4 is 23.3 Å². The van der Waals surface area contributed by atoms with E-state index < -0.39 is 0 Å². The molecule has 8 heteroatoms. The first kappa shape index (κ1) is 13.3. The lowest BCUT2D eigenvalue weighted by Crippen LogP contribution is -2.24. The lowest BCUT2D eigenvalue weighted by molar-refractivity contribution is 0.0949. The predicted octanol–water partition coefficient (Wildman–Crippen LogP) is 0.684. The molecule has 0 fully saturated rings. The Balaban J connectivity index is 2.08. The highest BCUT2D eigenvalue weighted by Crippen LogP contribution is 2.13. The van der Waals surface area contributed by atoms with Gasteiger partial charge in [0, 0.05) is 25.0 Å². The van der Waals surface area contributed by atoms with Crippen molar-refractivity contribution in [2.75, 3.05) is 5.43 Å². The van der Waals surface area contributed by atoms with Crippen LogP contribution < -0.4 is 16.6 Å². The van der Waals surface area contributed by atoms with Crippen molar-refractivity contribution in [2.45, 2.75) is 6.54 Å². The van der Waals surface area contributed by atoms with Gasteiger partial charge in [-0.25, -0.2) is 15.8 Å². The van der Waals surface area contributed by atoms with Crippen LogP contribution in [0.4, 0.5) is 5.82 Å². The van der Waals surface area contributed by atoms with Gasteiger partial charge in [0.1, 0.15) is 16.8 Å². The van der Waals surface area contributed by atoms with Crippen molar-refractivity contribution in [3.63, 3.8) is 0 Å². The number of imidazole rings is 1. The number of rotatable bonds is 4. The summed E-state index contributed by atoms with van der Waals surface area (Å²) >= 11 is 5.79. The Kier molecular flexibility index (Phi) is 3.98. The minimum atomic E-state index is -0.274. The maximum absolute atomic E-state index is 12.0. The zero-order valence-electron chi connectivity index (χ0n) is 10.2. The number of aryl methyl sites for hydroxylation is 1. The van der Waals surface area contributed by atoms with Gasteiger partial charge in [0.25, 0.3) is 5.91 Å². The van der Waals surface area contributed by atoms with Crippen molar-refractivity contribution in [2.24, 2.45) is 12.9 Å². The van der Waals surface area contributed by atoms with E-state index in [0.717, 1.165) is 5.82 Å². The van der Waals surface area contributed by atoms with E-state index >= 15 is 0 Å². The summed E-state index contributed by atoms with van der Waals surface area (Å²) in [6.45, 7) is 0.327. The molecule has 0 spiro atoms. The summed E-state index contributed by atoms with van der Waals surface area (Å²) in [5.41, 5.74) is 2.73. The Hall–Kier alpha value is -2.12. The van der Waals surface area contributed by atoms with E-state index in [1.54, 1.807) is 12.4 Å². The molecule has 2 heterocycles. The van der Waals surface area contributed by atoms with Gasteiger partial charge in [-0.05, 0) is 12.1 Å². The van der Waals surface area contributed by atoms with Gasteiger partial charge < -0.3 is 15.3 Å². The molecule has 7 nitrogen and oxygen atoms in total. The molecule has 19 heavy (non-hydrogen) atoms. The smallest absolute Gasteiger partial charge is 0.251 e. The molecule has 2 aromatic rings. The second kappa shape index (κ2) is 5.68. The fourth-order valence-electron chi connectivity index (χ4n) is 1.53. The second-order valence-corrected chi connectivity index (χ2v) is 4.23. The molecular formula is C11H13ClN6O. The third-order valence-corrected chi connectivity index (χ3v) is 2.73. The van der Waals surface area contributed by atoms with Crippen LogP contribution in [0.2, 0.25) is 5.15 Å². The standard InChI is InChI=1S/C11H13ClN6O/c1-18-3-2-14-10(18)6-15-11(19)7-4-8(12)16-9(5-7)17-13/h2-5H,6,13H2,1H3,(H,15,19)(H,16,17). The summed E-state index contributed by atoms with van der Waals surface area (Å²) in [6.07, 6.45) is 3.47. The number of carbonyl (C=O) groups is 1. The number of hydrazine groups is 1. The molecule has 0 aliphatic rings. The second-order valence-electron chi connectivity index (χ2n) is 3.85. The van der Waals surface area contributed by atoms with Gasteiger partial charge in [-0.3, -0.25) is 4.79 Å². The van der Waals surface area contributed by atoms with Crippen LogP contribution in [0.1, 0.15) is 16.2 Å². The van der Waals surface area contributed by atoms with Gasteiger partial charge in [0.2, 0.25) is 0 Å². The zero-order valence-corrected chi connectivity index (χ0v) is 11.0. The molecule has 0 aromatic carbocycles. The number of halogens is 1. The Morgan fingerprint density at radius 2 is 2.32 bits per heavy atom. The Morgan fingerprint density at radius 3 is 2.95 bits per heavy atom. The van der Waals surface area contributed by atoms with E-state index in [0.29, 0.717) is 17.9 Å². The lowest BCUT2D eigenvalue weighted by Gasteiger charge is -2.07. The average molecular weight is 281 g/mol. The monoisotopic (exact) mass is 280 g/mol. The van der Waals surface area contributed by atoms with Crippen LogP contribution in [-0.4, -0.2) is 20.4 Å². The highest BCUT2D eigenvalue weighted by Gasteiger charge is 2.09. The number of nitrogens with two attached hydrogens (primary N) is 1. The summed E-state index contributed by atoms with van der Waals surface area (Å²) in [6, 6.07) is 2.98. The minimum Gasteiger partial charge on any atom is -0.345 e. The molecule has 100 valence electrons. The quantitative estimate of drug-likeness (QED) is 0.435. The maximum atomic E-state index is 12.0. The third-order valence-electron chi connectivity index (χ3n) is 2.53. The molecule has 0 saturated heterocycles. The molecule has 0 aliphatic carbocycles. The molecule has 4 N–H and O–H groups in total. The fourth-order valence-corrected chi connectivity index (χ4v) is 1.74. The number of hydrogen-bond donors (Lipinski definition) is 3. The number of aromatic nitrogens is 3. The molecule has 2 aromatic heterocycles. The largest absolute Gasteiger partial charge is 0.345 e. The van der Waals surface area contributed by atoms with Gasteiger partial charge in [-0.15, -0.1) is 0 Å². The number of nitrogens with zero attached hydrogens (tertiary/aromatic N) is 3. The van der Waals surface area contributed by atoms with Crippen LogP contribution in [0, 0.1) is 0 Å². The number of hydrogen-bond acceptors (Lipinski definition) is 5. The fraction of sp³-hybridized carbons (Fsp3) is 0.182. The summed E-state index contributed by atoms with van der Waals surface area (Å²) in [7, 11) is 1.86. The van der Waals surface area contributed by atoms with E-state index in [9.17, 15) is 4.79 Å². The van der Waals surface area contributed by atoms with E-state index in [4.69, 9.17) is 17.4 Å². The highest BCUT2D eigenvalue weighted by molar-refractivity contribution is 6.29. The van der Waals surface area contributed by atoms with Crippen LogP contribution in [0.15, 0.2) is 24.5 Å². The predicted molar refractivity (Wildman–Crippen MR) is 71.4 cm³/mol. The van der Waals surface area contributed by atoms with Crippen LogP contribution >= 0.6 is 11.6 Å². The van der Waals surface area contributed by atoms with Crippen molar-refractivity contribution in [3.8, 4) is 0 Å². The molecule has 0 atom stereocenters. The van der Waals surface area contributed by atoms with Crippen molar-refractivity contribution in [3.05, 3.63) is 41.1 Å². The topological polar surface area (TPSA) is 97.9 Å². The van der Waals surface area contributed by atoms with E-state index in [2.05, 4.69) is 20.7 Å². The lowest BCUT2D eigenvalue weighted by atomic mass is 10.2. The molecular weight excluding hydrogens is 268 g/mol. The Bertz CT molecular complexity index is 597. The van der Waals surface area contributed by atoms with E-state index in [1.165, 1.54) is 12.1 Å². The maximum Gasteiger partial charge on any atom is 0.251 e. The molecule has 2 rings (SSSR count). The molecule has 0 saturated carbocycles. The zero-order chi connectivity index (χ0) is 13.8. The molecule has 1 amide bonds. The number of nitrogen functional groups attached to an aromatic ring is 1. The summed E-state index contributed by atoms with van der Waals surface area (Å²) in [4.78, 5) is 20.0.